The molecule has 0 saturated heterocycles. The Morgan fingerprint density at radius 2 is 1.86 bits per heavy atom. The fourth-order valence-corrected chi connectivity index (χ4v) is 3.36. The number of carbonyl (C=O) groups excluding carboxylic acids is 1. The number of benzene rings is 2. The zero-order valence-corrected chi connectivity index (χ0v) is 15.8. The van der Waals surface area contributed by atoms with E-state index in [1.807, 2.05) is 48.5 Å². The lowest BCUT2D eigenvalue weighted by atomic mass is 10.2. The monoisotopic (exact) mass is 377 g/mol. The molecule has 1 amide bonds. The van der Waals surface area contributed by atoms with Gasteiger partial charge in [0.1, 0.15) is 11.5 Å². The molecule has 0 spiro atoms. The molecule has 1 aromatic heterocycles. The van der Waals surface area contributed by atoms with Crippen LogP contribution in [0.4, 0.5) is 5.69 Å². The van der Waals surface area contributed by atoms with Gasteiger partial charge < -0.3 is 14.8 Å². The Bertz CT molecular complexity index is 944. The predicted octanol–water partition coefficient (Wildman–Crippen LogP) is 4.45. The van der Waals surface area contributed by atoms with Crippen LogP contribution in [-0.2, 0) is 0 Å². The summed E-state index contributed by atoms with van der Waals surface area (Å²) >= 11 is 0. The van der Waals surface area contributed by atoms with E-state index in [4.69, 9.17) is 9.47 Å². The Hall–Kier alpha value is -3.28. The molecule has 0 bridgehead atoms. The topological polar surface area (TPSA) is 65.4 Å². The fourth-order valence-electron chi connectivity index (χ4n) is 3.36. The summed E-state index contributed by atoms with van der Waals surface area (Å²) in [6, 6.07) is 16.7. The number of anilines is 1. The summed E-state index contributed by atoms with van der Waals surface area (Å²) < 4.78 is 12.8. The molecule has 0 aliphatic heterocycles. The van der Waals surface area contributed by atoms with Gasteiger partial charge in [-0.25, -0.2) is 4.68 Å². The molecule has 1 N–H and O–H groups in total. The highest BCUT2D eigenvalue weighted by molar-refractivity contribution is 6.02. The van der Waals surface area contributed by atoms with Crippen molar-refractivity contribution in [3.05, 3.63) is 66.5 Å². The summed E-state index contributed by atoms with van der Waals surface area (Å²) in [6.07, 6.45) is 6.68. The van der Waals surface area contributed by atoms with Crippen molar-refractivity contribution < 1.29 is 14.3 Å². The maximum Gasteiger partial charge on any atom is 0.276 e. The van der Waals surface area contributed by atoms with Crippen molar-refractivity contribution in [2.45, 2.75) is 31.8 Å². The lowest BCUT2D eigenvalue weighted by Crippen LogP contribution is -2.14. The first-order chi connectivity index (χ1) is 13.7. The quantitative estimate of drug-likeness (QED) is 0.689. The number of nitrogens with one attached hydrogen (secondary N) is 1. The van der Waals surface area contributed by atoms with Crippen molar-refractivity contribution in [3.8, 4) is 17.2 Å². The zero-order chi connectivity index (χ0) is 19.3. The van der Waals surface area contributed by atoms with Crippen molar-refractivity contribution in [2.75, 3.05) is 12.4 Å². The van der Waals surface area contributed by atoms with Crippen LogP contribution < -0.4 is 14.8 Å². The zero-order valence-electron chi connectivity index (χ0n) is 15.8. The van der Waals surface area contributed by atoms with Crippen LogP contribution in [0.3, 0.4) is 0 Å². The Morgan fingerprint density at radius 3 is 2.61 bits per heavy atom. The third kappa shape index (κ3) is 4.17. The third-order valence-electron chi connectivity index (χ3n) is 4.86. The molecule has 6 nitrogen and oxygen atoms in total. The number of amides is 1. The maximum atomic E-state index is 12.6. The first kappa shape index (κ1) is 18.1. The number of hydrogen-bond acceptors (Lipinski definition) is 4. The van der Waals surface area contributed by atoms with Gasteiger partial charge in [-0.3, -0.25) is 4.79 Å². The largest absolute Gasteiger partial charge is 0.497 e. The average Bonchev–Trinajstić information content (AvgIpc) is 3.40. The van der Waals surface area contributed by atoms with Gasteiger partial charge in [-0.1, -0.05) is 6.07 Å². The minimum atomic E-state index is -0.259. The number of rotatable bonds is 6. The molecular weight excluding hydrogens is 354 g/mol. The van der Waals surface area contributed by atoms with Gasteiger partial charge in [-0.15, -0.1) is 0 Å². The molecule has 0 unspecified atom stereocenters. The SMILES string of the molecule is COc1ccc(-n2ccc(C(=O)Nc3cccc(OC4CCCC4)c3)n2)cc1. The van der Waals surface area contributed by atoms with Crippen molar-refractivity contribution in [3.63, 3.8) is 0 Å². The molecule has 0 atom stereocenters. The predicted molar refractivity (Wildman–Crippen MR) is 107 cm³/mol. The minimum Gasteiger partial charge on any atom is -0.497 e. The molecule has 0 radical (unpaired) electrons. The highest BCUT2D eigenvalue weighted by Gasteiger charge is 2.17. The molecule has 1 heterocycles. The molecule has 2 aromatic carbocycles. The highest BCUT2D eigenvalue weighted by Crippen LogP contribution is 2.26. The number of ether oxygens (including phenoxy) is 2. The second-order valence-corrected chi connectivity index (χ2v) is 6.85. The van der Waals surface area contributed by atoms with E-state index in [0.717, 1.165) is 30.0 Å². The lowest BCUT2D eigenvalue weighted by molar-refractivity contribution is 0.102. The highest BCUT2D eigenvalue weighted by atomic mass is 16.5. The summed E-state index contributed by atoms with van der Waals surface area (Å²) in [7, 11) is 1.62. The van der Waals surface area contributed by atoms with Crippen LogP contribution in [0.5, 0.6) is 11.5 Å². The molecule has 1 saturated carbocycles. The van der Waals surface area contributed by atoms with Gasteiger partial charge in [-0.05, 0) is 68.1 Å². The summed E-state index contributed by atoms with van der Waals surface area (Å²) in [4.78, 5) is 12.6. The van der Waals surface area contributed by atoms with Gasteiger partial charge in [0.2, 0.25) is 0 Å². The third-order valence-corrected chi connectivity index (χ3v) is 4.86. The van der Waals surface area contributed by atoms with E-state index in [0.29, 0.717) is 11.4 Å². The number of nitrogens with zero attached hydrogens (tertiary/aromatic N) is 2. The maximum absolute atomic E-state index is 12.6. The van der Waals surface area contributed by atoms with E-state index in [-0.39, 0.29) is 12.0 Å². The molecule has 28 heavy (non-hydrogen) atoms. The van der Waals surface area contributed by atoms with Crippen molar-refractivity contribution in [2.24, 2.45) is 0 Å². The lowest BCUT2D eigenvalue weighted by Gasteiger charge is -2.14. The Balaban J connectivity index is 1.43. The van der Waals surface area contributed by atoms with Gasteiger partial charge in [0, 0.05) is 18.0 Å². The van der Waals surface area contributed by atoms with E-state index < -0.39 is 0 Å². The van der Waals surface area contributed by atoms with E-state index >= 15 is 0 Å². The molecule has 4 rings (SSSR count). The van der Waals surface area contributed by atoms with Crippen LogP contribution >= 0.6 is 0 Å². The smallest absolute Gasteiger partial charge is 0.276 e. The van der Waals surface area contributed by atoms with Crippen molar-refractivity contribution in [1.82, 2.24) is 9.78 Å². The molecule has 1 aliphatic carbocycles. The first-order valence-electron chi connectivity index (χ1n) is 9.49. The molecular formula is C22H23N3O3. The molecule has 6 heteroatoms. The van der Waals surface area contributed by atoms with Crippen molar-refractivity contribution in [1.29, 1.82) is 0 Å². The molecule has 3 aromatic rings. The first-order valence-corrected chi connectivity index (χ1v) is 9.49. The van der Waals surface area contributed by atoms with Gasteiger partial charge in [0.15, 0.2) is 5.69 Å². The van der Waals surface area contributed by atoms with Crippen LogP contribution in [0.15, 0.2) is 60.8 Å². The summed E-state index contributed by atoms with van der Waals surface area (Å²) in [5, 5.41) is 7.26. The second-order valence-electron chi connectivity index (χ2n) is 6.85. The van der Waals surface area contributed by atoms with Gasteiger partial charge >= 0.3 is 0 Å². The normalized spacial score (nSPS) is 14.0. The van der Waals surface area contributed by atoms with Crippen LogP contribution in [0.1, 0.15) is 36.2 Å². The van der Waals surface area contributed by atoms with Crippen LogP contribution in [0.25, 0.3) is 5.69 Å². The standard InChI is InChI=1S/C22H23N3O3/c1-27-18-11-9-17(10-12-18)25-14-13-21(24-25)22(26)23-16-5-4-8-20(15-16)28-19-6-2-3-7-19/h4-5,8-15,19H,2-3,6-7H2,1H3,(H,23,26). The molecule has 144 valence electrons. The number of carbonyl (C=O) groups is 1. The van der Waals surface area contributed by atoms with E-state index in [1.54, 1.807) is 24.1 Å². The van der Waals surface area contributed by atoms with E-state index in [9.17, 15) is 4.79 Å². The Morgan fingerprint density at radius 1 is 1.07 bits per heavy atom. The summed E-state index contributed by atoms with van der Waals surface area (Å²) in [6.45, 7) is 0. The van der Waals surface area contributed by atoms with Crippen LogP contribution in [0.2, 0.25) is 0 Å². The molecule has 1 aliphatic rings. The van der Waals surface area contributed by atoms with Crippen LogP contribution in [0, 0.1) is 0 Å². The summed E-state index contributed by atoms with van der Waals surface area (Å²) in [5.41, 5.74) is 1.89. The van der Waals surface area contributed by atoms with Crippen molar-refractivity contribution >= 4 is 11.6 Å². The number of aromatic nitrogens is 2. The van der Waals surface area contributed by atoms with Gasteiger partial charge in [-0.2, -0.15) is 5.10 Å². The molecule has 1 fully saturated rings. The second kappa shape index (κ2) is 8.17. The van der Waals surface area contributed by atoms with Gasteiger partial charge in [0.05, 0.1) is 18.9 Å². The number of methoxy groups -OCH3 is 1. The summed E-state index contributed by atoms with van der Waals surface area (Å²) in [5.74, 6) is 1.30. The minimum absolute atomic E-state index is 0.259. The number of hydrogen-bond donors (Lipinski definition) is 1. The van der Waals surface area contributed by atoms with E-state index in [1.165, 1.54) is 12.8 Å². The Kier molecular flexibility index (Phi) is 5.28. The van der Waals surface area contributed by atoms with E-state index in [2.05, 4.69) is 10.4 Å². The van der Waals surface area contributed by atoms with Gasteiger partial charge in [0.25, 0.3) is 5.91 Å². The van der Waals surface area contributed by atoms with Crippen LogP contribution in [-0.4, -0.2) is 28.9 Å². The fraction of sp³-hybridized carbons (Fsp3) is 0.273. The average molecular weight is 377 g/mol. The Labute approximate surface area is 164 Å².